The molecule has 0 aliphatic rings. The first-order valence-electron chi connectivity index (χ1n) is 6.66. The second-order valence-electron chi connectivity index (χ2n) is 4.98. The molecule has 0 unspecified atom stereocenters. The molecule has 0 aliphatic heterocycles. The van der Waals surface area contributed by atoms with Crippen LogP contribution in [0.15, 0.2) is 24.3 Å². The molecule has 1 aromatic rings. The van der Waals surface area contributed by atoms with E-state index in [1.54, 1.807) is 24.3 Å². The molecule has 1 rings (SSSR count). The molecular formula is C14H22N2O2S2. The van der Waals surface area contributed by atoms with Gasteiger partial charge in [0.2, 0.25) is 10.0 Å². The van der Waals surface area contributed by atoms with Crippen molar-refractivity contribution in [2.24, 2.45) is 5.73 Å². The summed E-state index contributed by atoms with van der Waals surface area (Å²) in [6.07, 6.45) is 0.786. The zero-order valence-electron chi connectivity index (χ0n) is 12.2. The Balaban J connectivity index is 3.10. The maximum absolute atomic E-state index is 12.5. The molecule has 0 aromatic heterocycles. The van der Waals surface area contributed by atoms with Crippen molar-refractivity contribution >= 4 is 27.2 Å². The smallest absolute Gasteiger partial charge is 0.218 e. The summed E-state index contributed by atoms with van der Waals surface area (Å²) in [4.78, 5) is 0.224. The monoisotopic (exact) mass is 314 g/mol. The van der Waals surface area contributed by atoms with Gasteiger partial charge >= 0.3 is 0 Å². The number of sulfonamides is 1. The van der Waals surface area contributed by atoms with Crippen LogP contribution in [0.3, 0.4) is 0 Å². The van der Waals surface area contributed by atoms with Crippen molar-refractivity contribution in [3.8, 4) is 0 Å². The quantitative estimate of drug-likeness (QED) is 0.784. The standard InChI is InChI=1S/C14H22N2O2S2/c1-4-9-16(11(2)3)20(17,18)10-12-7-5-6-8-13(12)14(15)19/h5-8,11H,4,9-10H2,1-3H3,(H2,15,19). The van der Waals surface area contributed by atoms with Gasteiger partial charge in [-0.25, -0.2) is 8.42 Å². The van der Waals surface area contributed by atoms with Crippen molar-refractivity contribution in [1.29, 1.82) is 0 Å². The molecule has 2 N–H and O–H groups in total. The van der Waals surface area contributed by atoms with Crippen molar-refractivity contribution < 1.29 is 8.42 Å². The second-order valence-corrected chi connectivity index (χ2v) is 7.34. The number of nitrogens with two attached hydrogens (primary N) is 1. The normalized spacial score (nSPS) is 12.1. The molecule has 0 fully saturated rings. The van der Waals surface area contributed by atoms with Crippen LogP contribution in [0.4, 0.5) is 0 Å². The Hall–Kier alpha value is -0.980. The number of nitrogens with zero attached hydrogens (tertiary/aromatic N) is 1. The molecule has 0 aliphatic carbocycles. The minimum absolute atomic E-state index is 0.0584. The molecule has 112 valence electrons. The molecule has 0 saturated carbocycles. The number of hydrogen-bond acceptors (Lipinski definition) is 3. The molecule has 0 atom stereocenters. The van der Waals surface area contributed by atoms with Gasteiger partial charge < -0.3 is 5.73 Å². The Bertz CT molecular complexity index is 568. The molecule has 6 heteroatoms. The van der Waals surface area contributed by atoms with E-state index in [0.717, 1.165) is 6.42 Å². The lowest BCUT2D eigenvalue weighted by atomic mass is 10.1. The van der Waals surface area contributed by atoms with Crippen LogP contribution < -0.4 is 5.73 Å². The van der Waals surface area contributed by atoms with Crippen LogP contribution >= 0.6 is 12.2 Å². The Morgan fingerprint density at radius 1 is 1.35 bits per heavy atom. The fraction of sp³-hybridized carbons (Fsp3) is 0.500. The average Bonchev–Trinajstić information content (AvgIpc) is 2.35. The van der Waals surface area contributed by atoms with Crippen LogP contribution in [0, 0.1) is 0 Å². The molecule has 0 heterocycles. The second kappa shape index (κ2) is 7.15. The van der Waals surface area contributed by atoms with E-state index >= 15 is 0 Å². The van der Waals surface area contributed by atoms with Crippen LogP contribution in [-0.2, 0) is 15.8 Å². The molecule has 20 heavy (non-hydrogen) atoms. The van der Waals surface area contributed by atoms with Crippen molar-refractivity contribution in [3.05, 3.63) is 35.4 Å². The van der Waals surface area contributed by atoms with Crippen LogP contribution in [0.2, 0.25) is 0 Å². The third-order valence-electron chi connectivity index (χ3n) is 3.00. The minimum Gasteiger partial charge on any atom is -0.389 e. The minimum atomic E-state index is -3.37. The number of hydrogen-bond donors (Lipinski definition) is 1. The summed E-state index contributed by atoms with van der Waals surface area (Å²) in [6, 6.07) is 7.06. The summed E-state index contributed by atoms with van der Waals surface area (Å²) in [5.41, 5.74) is 6.94. The Labute approximate surface area is 127 Å². The first-order valence-corrected chi connectivity index (χ1v) is 8.68. The van der Waals surface area contributed by atoms with Gasteiger partial charge in [-0.15, -0.1) is 0 Å². The summed E-state index contributed by atoms with van der Waals surface area (Å²) >= 11 is 4.98. The van der Waals surface area contributed by atoms with E-state index in [1.807, 2.05) is 20.8 Å². The van der Waals surface area contributed by atoms with Gasteiger partial charge in [0.1, 0.15) is 4.99 Å². The highest BCUT2D eigenvalue weighted by molar-refractivity contribution is 7.88. The van der Waals surface area contributed by atoms with Crippen LogP contribution in [0.1, 0.15) is 38.3 Å². The summed E-state index contributed by atoms with van der Waals surface area (Å²) in [5.74, 6) is -0.0707. The van der Waals surface area contributed by atoms with Crippen molar-refractivity contribution in [2.45, 2.75) is 39.0 Å². The largest absolute Gasteiger partial charge is 0.389 e. The van der Waals surface area contributed by atoms with Crippen LogP contribution in [0.25, 0.3) is 0 Å². The Morgan fingerprint density at radius 3 is 2.45 bits per heavy atom. The molecule has 1 aromatic carbocycles. The van der Waals surface area contributed by atoms with Gasteiger partial charge in [0.25, 0.3) is 0 Å². The molecule has 0 spiro atoms. The zero-order chi connectivity index (χ0) is 15.3. The van der Waals surface area contributed by atoms with Gasteiger partial charge in [0.15, 0.2) is 0 Å². The van der Waals surface area contributed by atoms with Gasteiger partial charge in [-0.1, -0.05) is 43.4 Å². The van der Waals surface area contributed by atoms with Crippen molar-refractivity contribution in [2.75, 3.05) is 6.54 Å². The SMILES string of the molecule is CCCN(C(C)C)S(=O)(=O)Cc1ccccc1C(N)=S. The molecular weight excluding hydrogens is 292 g/mol. The maximum Gasteiger partial charge on any atom is 0.218 e. The summed E-state index contributed by atoms with van der Waals surface area (Å²) in [7, 11) is -3.37. The Morgan fingerprint density at radius 2 is 1.95 bits per heavy atom. The van der Waals surface area contributed by atoms with E-state index < -0.39 is 10.0 Å². The van der Waals surface area contributed by atoms with Gasteiger partial charge in [0.05, 0.1) is 5.75 Å². The lowest BCUT2D eigenvalue weighted by molar-refractivity contribution is 0.353. The van der Waals surface area contributed by atoms with Gasteiger partial charge in [-0.3, -0.25) is 0 Å². The topological polar surface area (TPSA) is 63.4 Å². The third-order valence-corrected chi connectivity index (χ3v) is 5.21. The fourth-order valence-corrected chi connectivity index (χ4v) is 4.22. The van der Waals surface area contributed by atoms with E-state index in [9.17, 15) is 8.42 Å². The highest BCUT2D eigenvalue weighted by Gasteiger charge is 2.25. The van der Waals surface area contributed by atoms with Crippen LogP contribution in [-0.4, -0.2) is 30.3 Å². The average molecular weight is 314 g/mol. The maximum atomic E-state index is 12.5. The lowest BCUT2D eigenvalue weighted by Crippen LogP contribution is -2.38. The molecule has 0 amide bonds. The number of benzene rings is 1. The van der Waals surface area contributed by atoms with Crippen molar-refractivity contribution in [3.63, 3.8) is 0 Å². The van der Waals surface area contributed by atoms with Crippen molar-refractivity contribution in [1.82, 2.24) is 4.31 Å². The first kappa shape index (κ1) is 17.1. The first-order chi connectivity index (χ1) is 9.29. The van der Waals surface area contributed by atoms with Gasteiger partial charge in [-0.05, 0) is 25.8 Å². The number of thiocarbonyl (C=S) groups is 1. The highest BCUT2D eigenvalue weighted by atomic mass is 32.2. The third kappa shape index (κ3) is 4.26. The van der Waals surface area contributed by atoms with Crippen LogP contribution in [0.5, 0.6) is 0 Å². The molecule has 0 bridgehead atoms. The van der Waals surface area contributed by atoms with E-state index in [1.165, 1.54) is 4.31 Å². The number of rotatable bonds is 7. The fourth-order valence-electron chi connectivity index (χ4n) is 2.10. The molecule has 4 nitrogen and oxygen atoms in total. The van der Waals surface area contributed by atoms with E-state index in [0.29, 0.717) is 17.7 Å². The zero-order valence-corrected chi connectivity index (χ0v) is 13.8. The molecule has 0 radical (unpaired) electrons. The summed E-state index contributed by atoms with van der Waals surface area (Å²) in [6.45, 7) is 6.25. The summed E-state index contributed by atoms with van der Waals surface area (Å²) < 4.78 is 26.6. The van der Waals surface area contributed by atoms with Gasteiger partial charge in [-0.2, -0.15) is 4.31 Å². The van der Waals surface area contributed by atoms with Gasteiger partial charge in [0, 0.05) is 18.2 Å². The predicted molar refractivity (Wildman–Crippen MR) is 87.1 cm³/mol. The van der Waals surface area contributed by atoms with E-state index in [-0.39, 0.29) is 16.8 Å². The lowest BCUT2D eigenvalue weighted by Gasteiger charge is -2.25. The molecule has 0 saturated heterocycles. The highest BCUT2D eigenvalue weighted by Crippen LogP contribution is 2.17. The van der Waals surface area contributed by atoms with E-state index in [2.05, 4.69) is 0 Å². The van der Waals surface area contributed by atoms with E-state index in [4.69, 9.17) is 18.0 Å². The Kier molecular flexibility index (Phi) is 6.10. The predicted octanol–water partition coefficient (Wildman–Crippen LogP) is 2.27. The summed E-state index contributed by atoms with van der Waals surface area (Å²) in [5, 5.41) is 0.